The lowest BCUT2D eigenvalue weighted by Gasteiger charge is -2.22. The van der Waals surface area contributed by atoms with Gasteiger partial charge in [0.2, 0.25) is 5.88 Å². The molecule has 0 radical (unpaired) electrons. The minimum atomic E-state index is -4.98. The number of benzene rings is 2. The molecule has 0 N–H and O–H groups in total. The van der Waals surface area contributed by atoms with E-state index in [2.05, 4.69) is 4.98 Å². The molecule has 36 heavy (non-hydrogen) atoms. The third-order valence-corrected chi connectivity index (χ3v) is 5.75. The number of alkyl halides is 6. The molecule has 1 aromatic heterocycles. The fourth-order valence-corrected chi connectivity index (χ4v) is 4.11. The Morgan fingerprint density at radius 3 is 2.17 bits per heavy atom. The summed E-state index contributed by atoms with van der Waals surface area (Å²) in [4.78, 5) is 19.3. The van der Waals surface area contributed by atoms with E-state index >= 15 is 0 Å². The van der Waals surface area contributed by atoms with E-state index in [0.29, 0.717) is 35.4 Å². The molecule has 0 saturated carbocycles. The van der Waals surface area contributed by atoms with Crippen LogP contribution in [0.25, 0.3) is 11.1 Å². The lowest BCUT2D eigenvalue weighted by atomic mass is 9.98. The van der Waals surface area contributed by atoms with Crippen LogP contribution >= 0.6 is 0 Å². The number of hydrogen-bond donors (Lipinski definition) is 0. The summed E-state index contributed by atoms with van der Waals surface area (Å²) in [6.07, 6.45) is -8.51. The normalized spacial score (nSPS) is 14.3. The van der Waals surface area contributed by atoms with Gasteiger partial charge in [0.25, 0.3) is 5.91 Å². The SMILES string of the molecule is CCCc1cc(-c2ccccc2)c2c(n1)OCCN(Cc1cc(C(F)(F)F)cc(C(F)(F)F)c1)C2=O. The van der Waals surface area contributed by atoms with Crippen LogP contribution in [0.15, 0.2) is 54.6 Å². The Hall–Kier alpha value is -3.56. The average molecular weight is 508 g/mol. The van der Waals surface area contributed by atoms with Crippen LogP contribution in [0, 0.1) is 0 Å². The van der Waals surface area contributed by atoms with Gasteiger partial charge in [-0.3, -0.25) is 4.79 Å². The average Bonchev–Trinajstić information content (AvgIpc) is 2.97. The van der Waals surface area contributed by atoms with Gasteiger partial charge < -0.3 is 9.64 Å². The molecule has 2 heterocycles. The Balaban J connectivity index is 1.77. The number of halogens is 6. The van der Waals surface area contributed by atoms with E-state index in [9.17, 15) is 31.1 Å². The molecule has 0 spiro atoms. The van der Waals surface area contributed by atoms with Crippen molar-refractivity contribution in [3.05, 3.63) is 82.5 Å². The van der Waals surface area contributed by atoms with Gasteiger partial charge in [-0.1, -0.05) is 43.7 Å². The van der Waals surface area contributed by atoms with Gasteiger partial charge in [-0.15, -0.1) is 0 Å². The van der Waals surface area contributed by atoms with Crippen LogP contribution in [-0.2, 0) is 25.3 Å². The third kappa shape index (κ3) is 5.47. The topological polar surface area (TPSA) is 42.4 Å². The number of ether oxygens (including phenoxy) is 1. The number of amides is 1. The highest BCUT2D eigenvalue weighted by atomic mass is 19.4. The maximum atomic E-state index is 13.6. The van der Waals surface area contributed by atoms with Gasteiger partial charge in [0.05, 0.1) is 17.7 Å². The Morgan fingerprint density at radius 2 is 1.58 bits per heavy atom. The molecule has 0 atom stereocenters. The quantitative estimate of drug-likeness (QED) is 0.357. The number of pyridine rings is 1. The summed E-state index contributed by atoms with van der Waals surface area (Å²) in [6, 6.07) is 12.1. The molecule has 1 aliphatic heterocycles. The maximum Gasteiger partial charge on any atom is 0.416 e. The van der Waals surface area contributed by atoms with Crippen molar-refractivity contribution in [3.63, 3.8) is 0 Å². The maximum absolute atomic E-state index is 13.6. The number of hydrogen-bond acceptors (Lipinski definition) is 3. The molecule has 4 nitrogen and oxygen atoms in total. The first-order valence-corrected chi connectivity index (χ1v) is 11.3. The van der Waals surface area contributed by atoms with Gasteiger partial charge in [0.15, 0.2) is 0 Å². The summed E-state index contributed by atoms with van der Waals surface area (Å²) in [6.45, 7) is 1.47. The second-order valence-corrected chi connectivity index (χ2v) is 8.45. The zero-order valence-corrected chi connectivity index (χ0v) is 19.2. The summed E-state index contributed by atoms with van der Waals surface area (Å²) in [5, 5.41) is 0. The highest BCUT2D eigenvalue weighted by molar-refractivity contribution is 6.03. The first-order valence-electron chi connectivity index (χ1n) is 11.3. The molecule has 2 aromatic carbocycles. The molecule has 190 valence electrons. The van der Waals surface area contributed by atoms with Crippen molar-refractivity contribution < 1.29 is 35.9 Å². The van der Waals surface area contributed by atoms with Crippen molar-refractivity contribution in [1.29, 1.82) is 0 Å². The second-order valence-electron chi connectivity index (χ2n) is 8.45. The molecule has 0 unspecified atom stereocenters. The number of carbonyl (C=O) groups excluding carboxylic acids is 1. The largest absolute Gasteiger partial charge is 0.475 e. The first kappa shape index (κ1) is 25.5. The van der Waals surface area contributed by atoms with Crippen molar-refractivity contribution in [2.45, 2.75) is 38.7 Å². The van der Waals surface area contributed by atoms with E-state index in [1.807, 2.05) is 13.0 Å². The fourth-order valence-electron chi connectivity index (χ4n) is 4.11. The predicted molar refractivity (Wildman–Crippen MR) is 120 cm³/mol. The number of aromatic nitrogens is 1. The van der Waals surface area contributed by atoms with Gasteiger partial charge in [0.1, 0.15) is 12.2 Å². The summed E-state index contributed by atoms with van der Waals surface area (Å²) >= 11 is 0. The minimum Gasteiger partial charge on any atom is -0.475 e. The minimum absolute atomic E-state index is 0.0133. The summed E-state index contributed by atoms with van der Waals surface area (Å²) in [5.74, 6) is -0.477. The van der Waals surface area contributed by atoms with Crippen molar-refractivity contribution in [1.82, 2.24) is 9.88 Å². The summed E-state index contributed by atoms with van der Waals surface area (Å²) in [7, 11) is 0. The third-order valence-electron chi connectivity index (χ3n) is 5.75. The van der Waals surface area contributed by atoms with E-state index < -0.39 is 35.9 Å². The standard InChI is InChI=1S/C26H22F6N2O2/c1-2-6-20-14-21(17-7-4-3-5-8-17)22-23(33-20)36-10-9-34(24(22)35)15-16-11-18(25(27,28)29)13-19(12-16)26(30,31)32/h3-5,7-8,11-14H,2,6,9-10,15H2,1H3. The first-order chi connectivity index (χ1) is 17.0. The van der Waals surface area contributed by atoms with E-state index in [-0.39, 0.29) is 36.2 Å². The molecule has 0 bridgehead atoms. The Kier molecular flexibility index (Phi) is 6.97. The van der Waals surface area contributed by atoms with Crippen LogP contribution in [0.5, 0.6) is 5.88 Å². The lowest BCUT2D eigenvalue weighted by Crippen LogP contribution is -2.32. The molecule has 10 heteroatoms. The second kappa shape index (κ2) is 9.83. The molecule has 3 aromatic rings. The van der Waals surface area contributed by atoms with Gasteiger partial charge >= 0.3 is 12.4 Å². The monoisotopic (exact) mass is 508 g/mol. The summed E-state index contributed by atoms with van der Waals surface area (Å²) < 4.78 is 85.7. The molecule has 1 aliphatic rings. The smallest absolute Gasteiger partial charge is 0.416 e. The summed E-state index contributed by atoms with van der Waals surface area (Å²) in [5.41, 5.74) is -1.05. The van der Waals surface area contributed by atoms with Gasteiger partial charge in [-0.2, -0.15) is 26.3 Å². The molecule has 4 rings (SSSR count). The predicted octanol–water partition coefficient (Wildman–Crippen LogP) is 6.77. The van der Waals surface area contributed by atoms with Crippen LogP contribution in [0.1, 0.15) is 46.1 Å². The highest BCUT2D eigenvalue weighted by Crippen LogP contribution is 2.38. The zero-order valence-electron chi connectivity index (χ0n) is 19.2. The van der Waals surface area contributed by atoms with Crippen molar-refractivity contribution in [2.24, 2.45) is 0 Å². The number of nitrogens with zero attached hydrogens (tertiary/aromatic N) is 2. The Bertz CT molecular complexity index is 1220. The van der Waals surface area contributed by atoms with Crippen LogP contribution in [0.2, 0.25) is 0 Å². The van der Waals surface area contributed by atoms with Crippen molar-refractivity contribution in [3.8, 4) is 17.0 Å². The van der Waals surface area contributed by atoms with Crippen LogP contribution in [0.4, 0.5) is 26.3 Å². The number of aryl methyl sites for hydroxylation is 1. The van der Waals surface area contributed by atoms with E-state index in [1.54, 1.807) is 30.3 Å². The van der Waals surface area contributed by atoms with Crippen molar-refractivity contribution >= 4 is 5.91 Å². The number of carbonyl (C=O) groups is 1. The molecule has 0 fully saturated rings. The molecule has 0 saturated heterocycles. The van der Waals surface area contributed by atoms with Crippen LogP contribution in [0.3, 0.4) is 0 Å². The molecule has 1 amide bonds. The Morgan fingerprint density at radius 1 is 0.944 bits per heavy atom. The van der Waals surface area contributed by atoms with E-state index in [4.69, 9.17) is 4.74 Å². The molecular weight excluding hydrogens is 486 g/mol. The van der Waals surface area contributed by atoms with Crippen LogP contribution < -0.4 is 4.74 Å². The number of rotatable bonds is 5. The fraction of sp³-hybridized carbons (Fsp3) is 0.308. The van der Waals surface area contributed by atoms with E-state index in [0.717, 1.165) is 6.42 Å². The zero-order chi connectivity index (χ0) is 26.1. The lowest BCUT2D eigenvalue weighted by molar-refractivity contribution is -0.143. The van der Waals surface area contributed by atoms with E-state index in [1.165, 1.54) is 4.90 Å². The van der Waals surface area contributed by atoms with Crippen LogP contribution in [-0.4, -0.2) is 28.9 Å². The highest BCUT2D eigenvalue weighted by Gasteiger charge is 2.37. The number of fused-ring (bicyclic) bond motifs is 1. The van der Waals surface area contributed by atoms with Gasteiger partial charge in [-0.25, -0.2) is 4.98 Å². The molecular formula is C26H22F6N2O2. The molecule has 0 aliphatic carbocycles. The van der Waals surface area contributed by atoms with Gasteiger partial charge in [0, 0.05) is 17.8 Å². The Labute approximate surface area is 203 Å². The van der Waals surface area contributed by atoms with Crippen molar-refractivity contribution in [2.75, 3.05) is 13.2 Å². The van der Waals surface area contributed by atoms with Gasteiger partial charge in [-0.05, 0) is 41.8 Å².